The zero-order valence-electron chi connectivity index (χ0n) is 6.56. The first-order valence-electron chi connectivity index (χ1n) is 3.23. The van der Waals surface area contributed by atoms with Gasteiger partial charge in [-0.2, -0.15) is 0 Å². The number of hydrogen-bond acceptors (Lipinski definition) is 1. The van der Waals surface area contributed by atoms with Crippen molar-refractivity contribution in [1.82, 2.24) is 5.32 Å². The molecule has 0 heterocycles. The van der Waals surface area contributed by atoms with Gasteiger partial charge >= 0.3 is 0 Å². The fourth-order valence-corrected chi connectivity index (χ4v) is 0.388. The minimum Gasteiger partial charge on any atom is -0.379 e. The van der Waals surface area contributed by atoms with E-state index in [0.717, 1.165) is 5.03 Å². The molecule has 10 heavy (non-hydrogen) atoms. The molecule has 2 nitrogen and oxygen atoms in total. The van der Waals surface area contributed by atoms with Crippen LogP contribution in [0.2, 0.25) is 0 Å². The summed E-state index contributed by atoms with van der Waals surface area (Å²) < 4.78 is 0. The lowest BCUT2D eigenvalue weighted by Crippen LogP contribution is -1.99. The van der Waals surface area contributed by atoms with Crippen LogP contribution >= 0.6 is 11.6 Å². The van der Waals surface area contributed by atoms with Gasteiger partial charge in [-0.05, 0) is 5.92 Å². The maximum absolute atomic E-state index is 5.77. The fraction of sp³-hybridized carbons (Fsp3) is 0.571. The van der Waals surface area contributed by atoms with Gasteiger partial charge in [0.1, 0.15) is 0 Å². The lowest BCUT2D eigenvalue weighted by Gasteiger charge is -1.97. The quantitative estimate of drug-likeness (QED) is 0.496. The third-order valence-electron chi connectivity index (χ3n) is 0.953. The van der Waals surface area contributed by atoms with Crippen molar-refractivity contribution >= 4 is 17.9 Å². The molecule has 0 fully saturated rings. The molecule has 0 aliphatic carbocycles. The SMILES string of the molecule is CN/C=N\C=C(\Cl)C(C)C. The van der Waals surface area contributed by atoms with Gasteiger partial charge in [-0.3, -0.25) is 0 Å². The first-order chi connectivity index (χ1) is 4.68. The number of hydrogen-bond donors (Lipinski definition) is 1. The second kappa shape index (κ2) is 5.30. The van der Waals surface area contributed by atoms with Gasteiger partial charge in [0.2, 0.25) is 0 Å². The molecule has 0 bridgehead atoms. The molecule has 0 aromatic heterocycles. The molecule has 3 heteroatoms. The summed E-state index contributed by atoms with van der Waals surface area (Å²) in [7, 11) is 1.79. The molecule has 0 unspecified atom stereocenters. The van der Waals surface area contributed by atoms with Gasteiger partial charge in [-0.25, -0.2) is 4.99 Å². The summed E-state index contributed by atoms with van der Waals surface area (Å²) in [5.74, 6) is 0.357. The van der Waals surface area contributed by atoms with Crippen molar-refractivity contribution in [2.45, 2.75) is 13.8 Å². The average molecular weight is 161 g/mol. The third kappa shape index (κ3) is 4.39. The van der Waals surface area contributed by atoms with Crippen LogP contribution < -0.4 is 5.32 Å². The molecule has 0 saturated heterocycles. The predicted octanol–water partition coefficient (Wildman–Crippen LogP) is 1.97. The van der Waals surface area contributed by atoms with Crippen LogP contribution in [0.3, 0.4) is 0 Å². The summed E-state index contributed by atoms with van der Waals surface area (Å²) in [6.45, 7) is 4.04. The molecule has 0 radical (unpaired) electrons. The molecule has 1 N–H and O–H groups in total. The molecular formula is C7H13ClN2. The van der Waals surface area contributed by atoms with Crippen LogP contribution in [0.4, 0.5) is 0 Å². The fourth-order valence-electron chi connectivity index (χ4n) is 0.332. The van der Waals surface area contributed by atoms with Crippen molar-refractivity contribution in [3.05, 3.63) is 11.2 Å². The van der Waals surface area contributed by atoms with Gasteiger partial charge < -0.3 is 5.32 Å². The van der Waals surface area contributed by atoms with E-state index in [1.54, 1.807) is 19.6 Å². The summed E-state index contributed by atoms with van der Waals surface area (Å²) in [4.78, 5) is 3.88. The molecule has 0 rings (SSSR count). The zero-order chi connectivity index (χ0) is 7.98. The summed E-state index contributed by atoms with van der Waals surface area (Å²) in [5, 5.41) is 3.54. The monoisotopic (exact) mass is 160 g/mol. The first-order valence-corrected chi connectivity index (χ1v) is 3.60. The van der Waals surface area contributed by atoms with Crippen LogP contribution in [0.25, 0.3) is 0 Å². The average Bonchev–Trinajstić information content (AvgIpc) is 1.88. The first kappa shape index (κ1) is 9.50. The van der Waals surface area contributed by atoms with E-state index in [0.29, 0.717) is 5.92 Å². The van der Waals surface area contributed by atoms with E-state index in [1.165, 1.54) is 0 Å². The second-order valence-electron chi connectivity index (χ2n) is 2.24. The summed E-state index contributed by atoms with van der Waals surface area (Å²) >= 11 is 5.77. The van der Waals surface area contributed by atoms with Gasteiger partial charge in [0.15, 0.2) is 0 Å². The van der Waals surface area contributed by atoms with Gasteiger partial charge in [0, 0.05) is 18.3 Å². The smallest absolute Gasteiger partial charge is 0.0876 e. The lowest BCUT2D eigenvalue weighted by molar-refractivity contribution is 0.810. The molecule has 0 aliphatic rings. The van der Waals surface area contributed by atoms with E-state index in [9.17, 15) is 0 Å². The molecule has 0 amide bonds. The minimum atomic E-state index is 0.357. The third-order valence-corrected chi connectivity index (χ3v) is 1.49. The Morgan fingerprint density at radius 3 is 2.60 bits per heavy atom. The molecule has 0 spiro atoms. The van der Waals surface area contributed by atoms with Gasteiger partial charge in [0.25, 0.3) is 0 Å². The van der Waals surface area contributed by atoms with E-state index in [4.69, 9.17) is 11.6 Å². The highest BCUT2D eigenvalue weighted by Crippen LogP contribution is 2.12. The molecular weight excluding hydrogens is 148 g/mol. The van der Waals surface area contributed by atoms with E-state index >= 15 is 0 Å². The summed E-state index contributed by atoms with van der Waals surface area (Å²) in [6.07, 6.45) is 3.23. The second-order valence-corrected chi connectivity index (χ2v) is 2.67. The molecule has 0 aromatic carbocycles. The van der Waals surface area contributed by atoms with Crippen molar-refractivity contribution in [3.8, 4) is 0 Å². The van der Waals surface area contributed by atoms with Crippen LogP contribution in [0, 0.1) is 5.92 Å². The number of halogens is 1. The van der Waals surface area contributed by atoms with Gasteiger partial charge in [0.05, 0.1) is 6.34 Å². The van der Waals surface area contributed by atoms with Crippen LogP contribution in [0.15, 0.2) is 16.2 Å². The maximum Gasteiger partial charge on any atom is 0.0876 e. The Kier molecular flexibility index (Phi) is 5.03. The minimum absolute atomic E-state index is 0.357. The topological polar surface area (TPSA) is 24.4 Å². The van der Waals surface area contributed by atoms with Crippen molar-refractivity contribution in [3.63, 3.8) is 0 Å². The Bertz CT molecular complexity index is 139. The van der Waals surface area contributed by atoms with Crippen molar-refractivity contribution in [2.75, 3.05) is 7.05 Å². The highest BCUT2D eigenvalue weighted by molar-refractivity contribution is 6.29. The Morgan fingerprint density at radius 1 is 1.60 bits per heavy atom. The largest absolute Gasteiger partial charge is 0.379 e. The van der Waals surface area contributed by atoms with Crippen molar-refractivity contribution < 1.29 is 0 Å². The van der Waals surface area contributed by atoms with Gasteiger partial charge in [-0.15, -0.1) is 0 Å². The highest BCUT2D eigenvalue weighted by Gasteiger charge is 1.95. The highest BCUT2D eigenvalue weighted by atomic mass is 35.5. The normalized spacial score (nSPS) is 13.1. The molecule has 58 valence electrons. The lowest BCUT2D eigenvalue weighted by atomic mass is 10.2. The Hall–Kier alpha value is -0.500. The van der Waals surface area contributed by atoms with E-state index in [2.05, 4.69) is 10.3 Å². The van der Waals surface area contributed by atoms with Crippen LogP contribution in [-0.4, -0.2) is 13.4 Å². The maximum atomic E-state index is 5.77. The molecule has 0 atom stereocenters. The number of nitrogens with zero attached hydrogens (tertiary/aromatic N) is 1. The molecule has 0 aliphatic heterocycles. The van der Waals surface area contributed by atoms with Crippen molar-refractivity contribution in [1.29, 1.82) is 0 Å². The van der Waals surface area contributed by atoms with Crippen LogP contribution in [0.5, 0.6) is 0 Å². The van der Waals surface area contributed by atoms with Crippen LogP contribution in [-0.2, 0) is 0 Å². The Labute approximate surface area is 67.0 Å². The van der Waals surface area contributed by atoms with E-state index in [-0.39, 0.29) is 0 Å². The number of nitrogens with one attached hydrogen (secondary N) is 1. The molecule has 0 saturated carbocycles. The summed E-state index contributed by atoms with van der Waals surface area (Å²) in [6, 6.07) is 0. The predicted molar refractivity (Wildman–Crippen MR) is 46.3 cm³/mol. The van der Waals surface area contributed by atoms with Crippen molar-refractivity contribution in [2.24, 2.45) is 10.9 Å². The number of allylic oxidation sites excluding steroid dienone is 1. The standard InChI is InChI=1S/C7H13ClN2/c1-6(2)7(8)4-10-5-9-3/h4-6H,1-3H3,(H,9,10)/b7-4+. The van der Waals surface area contributed by atoms with E-state index < -0.39 is 0 Å². The number of rotatable bonds is 3. The number of aliphatic imine (C=N–C) groups is 1. The Morgan fingerprint density at radius 2 is 2.20 bits per heavy atom. The van der Waals surface area contributed by atoms with Gasteiger partial charge in [-0.1, -0.05) is 25.4 Å². The van der Waals surface area contributed by atoms with E-state index in [1.807, 2.05) is 13.8 Å². The Balaban J connectivity index is 3.79. The van der Waals surface area contributed by atoms with Crippen LogP contribution in [0.1, 0.15) is 13.8 Å². The summed E-state index contributed by atoms with van der Waals surface area (Å²) in [5.41, 5.74) is 0. The molecule has 0 aromatic rings. The zero-order valence-corrected chi connectivity index (χ0v) is 7.31.